The van der Waals surface area contributed by atoms with Gasteiger partial charge in [-0.05, 0) is 26.7 Å². The van der Waals surface area contributed by atoms with E-state index in [4.69, 9.17) is 0 Å². The predicted molar refractivity (Wildman–Crippen MR) is 79.6 cm³/mol. The third-order valence-electron chi connectivity index (χ3n) is 4.54. The molecule has 0 aliphatic carbocycles. The fraction of sp³-hybridized carbons (Fsp3) is 0.667. The van der Waals surface area contributed by atoms with E-state index < -0.39 is 11.6 Å². The van der Waals surface area contributed by atoms with Gasteiger partial charge in [-0.15, -0.1) is 0 Å². The summed E-state index contributed by atoms with van der Waals surface area (Å²) >= 11 is 0. The fourth-order valence-electron chi connectivity index (χ4n) is 2.76. The molecule has 116 valence electrons. The molecule has 2 unspecified atom stereocenters. The van der Waals surface area contributed by atoms with Crippen LogP contribution in [0.4, 0.5) is 0 Å². The van der Waals surface area contributed by atoms with Crippen LogP contribution in [-0.4, -0.2) is 44.4 Å². The molecule has 2 rings (SSSR count). The molecular formula is C15H24N4O2. The molecule has 6 heteroatoms. The van der Waals surface area contributed by atoms with Crippen LogP contribution in [0, 0.1) is 6.92 Å². The van der Waals surface area contributed by atoms with Crippen molar-refractivity contribution in [3.63, 3.8) is 0 Å². The first-order valence-electron chi connectivity index (χ1n) is 7.54. The van der Waals surface area contributed by atoms with E-state index in [0.29, 0.717) is 25.9 Å². The maximum Gasteiger partial charge on any atom is 0.246 e. The molecule has 1 saturated heterocycles. The van der Waals surface area contributed by atoms with Gasteiger partial charge < -0.3 is 14.8 Å². The first-order chi connectivity index (χ1) is 9.93. The summed E-state index contributed by atoms with van der Waals surface area (Å²) in [7, 11) is 0. The van der Waals surface area contributed by atoms with E-state index in [1.165, 1.54) is 0 Å². The van der Waals surface area contributed by atoms with Gasteiger partial charge in [0, 0.05) is 25.5 Å². The second-order valence-corrected chi connectivity index (χ2v) is 5.72. The van der Waals surface area contributed by atoms with Gasteiger partial charge in [0.25, 0.3) is 0 Å². The van der Waals surface area contributed by atoms with E-state index in [9.17, 15) is 9.59 Å². The lowest BCUT2D eigenvalue weighted by atomic mass is 9.90. The maximum atomic E-state index is 12.6. The van der Waals surface area contributed by atoms with Crippen LogP contribution >= 0.6 is 0 Å². The molecule has 1 aliphatic rings. The number of rotatable bonds is 5. The van der Waals surface area contributed by atoms with Crippen LogP contribution in [0.15, 0.2) is 12.4 Å². The number of hydrogen-bond acceptors (Lipinski definition) is 3. The number of amides is 2. The van der Waals surface area contributed by atoms with Crippen LogP contribution in [0.2, 0.25) is 0 Å². The van der Waals surface area contributed by atoms with Crippen molar-refractivity contribution >= 4 is 11.8 Å². The summed E-state index contributed by atoms with van der Waals surface area (Å²) in [6.07, 6.45) is 4.85. The average Bonchev–Trinajstić information content (AvgIpc) is 2.88. The van der Waals surface area contributed by atoms with Gasteiger partial charge in [-0.2, -0.15) is 0 Å². The summed E-state index contributed by atoms with van der Waals surface area (Å²) in [5.41, 5.74) is -0.767. The number of carbonyl (C=O) groups is 2. The number of aryl methyl sites for hydroxylation is 1. The lowest BCUT2D eigenvalue weighted by Gasteiger charge is -2.46. The molecule has 1 fully saturated rings. The zero-order chi connectivity index (χ0) is 15.6. The number of imidazole rings is 1. The molecule has 0 bridgehead atoms. The quantitative estimate of drug-likeness (QED) is 0.883. The number of nitrogens with one attached hydrogen (secondary N) is 1. The Balaban J connectivity index is 2.20. The minimum Gasteiger partial charge on any atom is -0.342 e. The van der Waals surface area contributed by atoms with E-state index in [1.54, 1.807) is 11.1 Å². The largest absolute Gasteiger partial charge is 0.342 e. The zero-order valence-electron chi connectivity index (χ0n) is 13.2. The van der Waals surface area contributed by atoms with E-state index in [2.05, 4.69) is 10.3 Å². The van der Waals surface area contributed by atoms with Gasteiger partial charge in [0.15, 0.2) is 0 Å². The van der Waals surface area contributed by atoms with E-state index in [0.717, 1.165) is 5.82 Å². The number of nitrogens with zero attached hydrogens (tertiary/aromatic N) is 3. The predicted octanol–water partition coefficient (Wildman–Crippen LogP) is 1.10. The number of aromatic nitrogens is 2. The molecule has 1 N–H and O–H groups in total. The number of piperazine rings is 1. The van der Waals surface area contributed by atoms with Crippen molar-refractivity contribution in [1.82, 2.24) is 19.8 Å². The van der Waals surface area contributed by atoms with E-state index in [1.807, 2.05) is 38.5 Å². The van der Waals surface area contributed by atoms with Crippen LogP contribution in [0.25, 0.3) is 0 Å². The molecule has 1 aromatic heterocycles. The molecular weight excluding hydrogens is 268 g/mol. The maximum absolute atomic E-state index is 12.6. The first kappa shape index (κ1) is 15.5. The van der Waals surface area contributed by atoms with Gasteiger partial charge in [-0.3, -0.25) is 9.59 Å². The standard InChI is InChI=1S/C15H24N4O2/c1-5-12-13(20)19(15(4,6-2)14(21)17-12)10-9-18-8-7-16-11(18)3/h7-8,12H,5-6,9-10H2,1-4H3,(H,17,21). The molecule has 2 heterocycles. The Morgan fingerprint density at radius 3 is 2.57 bits per heavy atom. The highest BCUT2D eigenvalue weighted by molar-refractivity contribution is 5.99. The topological polar surface area (TPSA) is 67.2 Å². The molecule has 6 nitrogen and oxygen atoms in total. The third-order valence-corrected chi connectivity index (χ3v) is 4.54. The highest BCUT2D eigenvalue weighted by Crippen LogP contribution is 2.25. The SMILES string of the molecule is CCC1NC(=O)C(C)(CC)N(CCn2ccnc2C)C1=O. The summed E-state index contributed by atoms with van der Waals surface area (Å²) in [4.78, 5) is 30.9. The van der Waals surface area contributed by atoms with Gasteiger partial charge in [-0.25, -0.2) is 4.98 Å². The normalized spacial score (nSPS) is 26.1. The zero-order valence-corrected chi connectivity index (χ0v) is 13.2. The second kappa shape index (κ2) is 5.87. The lowest BCUT2D eigenvalue weighted by Crippen LogP contribution is -2.69. The number of hydrogen-bond donors (Lipinski definition) is 1. The van der Waals surface area contributed by atoms with Gasteiger partial charge in [-0.1, -0.05) is 13.8 Å². The van der Waals surface area contributed by atoms with Crippen LogP contribution in [0.3, 0.4) is 0 Å². The van der Waals surface area contributed by atoms with Crippen molar-refractivity contribution in [1.29, 1.82) is 0 Å². The summed E-state index contributed by atoms with van der Waals surface area (Å²) in [5.74, 6) is 0.868. The Labute approximate surface area is 125 Å². The monoisotopic (exact) mass is 292 g/mol. The van der Waals surface area contributed by atoms with Crippen molar-refractivity contribution in [3.8, 4) is 0 Å². The Morgan fingerprint density at radius 1 is 1.33 bits per heavy atom. The van der Waals surface area contributed by atoms with Crippen LogP contribution in [0.5, 0.6) is 0 Å². The summed E-state index contributed by atoms with van der Waals surface area (Å²) in [6, 6.07) is -0.402. The Kier molecular flexibility index (Phi) is 4.34. The molecule has 0 radical (unpaired) electrons. The average molecular weight is 292 g/mol. The Morgan fingerprint density at radius 2 is 2.05 bits per heavy atom. The minimum absolute atomic E-state index is 0.0132. The highest BCUT2D eigenvalue weighted by Gasteiger charge is 2.47. The molecule has 2 amide bonds. The highest BCUT2D eigenvalue weighted by atomic mass is 16.2. The summed E-state index contributed by atoms with van der Waals surface area (Å²) in [6.45, 7) is 8.79. The molecule has 0 aromatic carbocycles. The van der Waals surface area contributed by atoms with Gasteiger partial charge in [0.1, 0.15) is 17.4 Å². The summed E-state index contributed by atoms with van der Waals surface area (Å²) < 4.78 is 2.00. The molecule has 1 aromatic rings. The van der Waals surface area contributed by atoms with Gasteiger partial charge in [0.2, 0.25) is 11.8 Å². The van der Waals surface area contributed by atoms with Crippen LogP contribution < -0.4 is 5.32 Å². The van der Waals surface area contributed by atoms with Crippen molar-refractivity contribution in [2.45, 2.75) is 58.7 Å². The first-order valence-corrected chi connectivity index (χ1v) is 7.54. The van der Waals surface area contributed by atoms with E-state index >= 15 is 0 Å². The molecule has 0 saturated carbocycles. The molecule has 1 aliphatic heterocycles. The van der Waals surface area contributed by atoms with Crippen LogP contribution in [0.1, 0.15) is 39.4 Å². The smallest absolute Gasteiger partial charge is 0.246 e. The van der Waals surface area contributed by atoms with Gasteiger partial charge >= 0.3 is 0 Å². The van der Waals surface area contributed by atoms with Crippen LogP contribution in [-0.2, 0) is 16.1 Å². The van der Waals surface area contributed by atoms with Crippen molar-refractivity contribution in [2.24, 2.45) is 0 Å². The molecule has 0 spiro atoms. The second-order valence-electron chi connectivity index (χ2n) is 5.72. The number of carbonyl (C=O) groups excluding carboxylic acids is 2. The Bertz CT molecular complexity index is 540. The molecule has 2 atom stereocenters. The van der Waals surface area contributed by atoms with Crippen molar-refractivity contribution in [2.75, 3.05) is 6.54 Å². The van der Waals surface area contributed by atoms with E-state index in [-0.39, 0.29) is 11.8 Å². The summed E-state index contributed by atoms with van der Waals surface area (Å²) in [5, 5.41) is 2.84. The third kappa shape index (κ3) is 2.66. The molecule has 21 heavy (non-hydrogen) atoms. The Hall–Kier alpha value is -1.85. The van der Waals surface area contributed by atoms with Crippen molar-refractivity contribution in [3.05, 3.63) is 18.2 Å². The van der Waals surface area contributed by atoms with Gasteiger partial charge in [0.05, 0.1) is 0 Å². The lowest BCUT2D eigenvalue weighted by molar-refractivity contribution is -0.157. The van der Waals surface area contributed by atoms with Crippen molar-refractivity contribution < 1.29 is 9.59 Å². The fourth-order valence-corrected chi connectivity index (χ4v) is 2.76. The minimum atomic E-state index is -0.767.